The number of nitrogens with two attached hydrogens (primary N) is 1. The van der Waals surface area contributed by atoms with Gasteiger partial charge in [0, 0.05) is 12.1 Å². The Morgan fingerprint density at radius 3 is 2.90 bits per heavy atom. The molecule has 0 saturated carbocycles. The summed E-state index contributed by atoms with van der Waals surface area (Å²) in [6.45, 7) is 2.08. The molecule has 4 heteroatoms. The van der Waals surface area contributed by atoms with Crippen molar-refractivity contribution in [3.05, 3.63) is 53.6 Å². The van der Waals surface area contributed by atoms with E-state index in [0.717, 1.165) is 30.1 Å². The Morgan fingerprint density at radius 1 is 1.20 bits per heavy atom. The summed E-state index contributed by atoms with van der Waals surface area (Å²) in [5.74, 6) is 0.921. The van der Waals surface area contributed by atoms with Gasteiger partial charge in [0.15, 0.2) is 0 Å². The Hall–Kier alpha value is -2.67. The van der Waals surface area contributed by atoms with Gasteiger partial charge in [-0.2, -0.15) is 5.26 Å². The van der Waals surface area contributed by atoms with Crippen molar-refractivity contribution in [2.45, 2.75) is 6.54 Å². The highest BCUT2D eigenvalue weighted by Gasteiger charge is 2.17. The minimum absolute atomic E-state index is 0.604. The van der Waals surface area contributed by atoms with Crippen molar-refractivity contribution in [3.8, 4) is 11.8 Å². The number of nitriles is 1. The van der Waals surface area contributed by atoms with Crippen molar-refractivity contribution in [2.24, 2.45) is 0 Å². The van der Waals surface area contributed by atoms with E-state index >= 15 is 0 Å². The van der Waals surface area contributed by atoms with Crippen molar-refractivity contribution in [1.82, 2.24) is 0 Å². The van der Waals surface area contributed by atoms with E-state index in [0.29, 0.717) is 17.9 Å². The van der Waals surface area contributed by atoms with E-state index in [1.807, 2.05) is 24.3 Å². The molecule has 0 aliphatic carbocycles. The van der Waals surface area contributed by atoms with Gasteiger partial charge in [0.05, 0.1) is 29.6 Å². The quantitative estimate of drug-likeness (QED) is 0.805. The summed E-state index contributed by atoms with van der Waals surface area (Å²) in [6, 6.07) is 15.5. The molecule has 2 aromatic carbocycles. The van der Waals surface area contributed by atoms with Crippen LogP contribution in [0.3, 0.4) is 0 Å². The van der Waals surface area contributed by atoms with Crippen LogP contribution in [0.25, 0.3) is 0 Å². The number of rotatable bonds is 1. The van der Waals surface area contributed by atoms with Crippen LogP contribution in [0.5, 0.6) is 5.75 Å². The Bertz CT molecular complexity index is 676. The van der Waals surface area contributed by atoms with Crippen LogP contribution in [-0.2, 0) is 6.54 Å². The van der Waals surface area contributed by atoms with Gasteiger partial charge in [-0.25, -0.2) is 0 Å². The van der Waals surface area contributed by atoms with Gasteiger partial charge >= 0.3 is 0 Å². The molecule has 2 N–H and O–H groups in total. The fraction of sp³-hybridized carbons (Fsp3) is 0.188. The maximum absolute atomic E-state index is 9.03. The number of hydrogen-bond acceptors (Lipinski definition) is 4. The topological polar surface area (TPSA) is 62.3 Å². The molecule has 0 unspecified atom stereocenters. The van der Waals surface area contributed by atoms with Crippen LogP contribution in [0.15, 0.2) is 42.5 Å². The molecule has 2 aromatic rings. The van der Waals surface area contributed by atoms with E-state index in [2.05, 4.69) is 17.0 Å². The molecule has 1 aliphatic rings. The fourth-order valence-electron chi connectivity index (χ4n) is 2.42. The first-order valence-electron chi connectivity index (χ1n) is 6.53. The third kappa shape index (κ3) is 2.26. The van der Waals surface area contributed by atoms with Crippen molar-refractivity contribution < 1.29 is 4.74 Å². The van der Waals surface area contributed by atoms with E-state index < -0.39 is 0 Å². The second-order valence-electron chi connectivity index (χ2n) is 4.76. The van der Waals surface area contributed by atoms with Gasteiger partial charge < -0.3 is 15.4 Å². The number of benzene rings is 2. The minimum Gasteiger partial charge on any atom is -0.491 e. The van der Waals surface area contributed by atoms with Crippen LogP contribution in [0, 0.1) is 11.3 Å². The van der Waals surface area contributed by atoms with Gasteiger partial charge in [0.2, 0.25) is 0 Å². The molecule has 0 bridgehead atoms. The van der Waals surface area contributed by atoms with Gasteiger partial charge in [-0.3, -0.25) is 0 Å². The maximum Gasteiger partial charge on any atom is 0.124 e. The first-order valence-corrected chi connectivity index (χ1v) is 6.53. The lowest BCUT2D eigenvalue weighted by Crippen LogP contribution is -2.26. The minimum atomic E-state index is 0.604. The van der Waals surface area contributed by atoms with Gasteiger partial charge in [0.1, 0.15) is 12.4 Å². The number of nitrogen functional groups attached to an aromatic ring is 1. The standard InChI is InChI=1S/C16H15N3O/c17-10-12-5-6-14(18)15(9-12)19-7-8-20-16-4-2-1-3-13(16)11-19/h1-6,9H,7-8,11,18H2. The van der Waals surface area contributed by atoms with Gasteiger partial charge in [-0.15, -0.1) is 0 Å². The zero-order valence-electron chi connectivity index (χ0n) is 11.0. The molecule has 4 nitrogen and oxygen atoms in total. The molecule has 0 amide bonds. The lowest BCUT2D eigenvalue weighted by Gasteiger charge is -2.23. The second-order valence-corrected chi connectivity index (χ2v) is 4.76. The molecule has 0 atom stereocenters. The summed E-state index contributed by atoms with van der Waals surface area (Å²) in [6.07, 6.45) is 0. The number of ether oxygens (including phenoxy) is 1. The Morgan fingerprint density at radius 2 is 2.05 bits per heavy atom. The molecule has 1 heterocycles. The summed E-state index contributed by atoms with van der Waals surface area (Å²) in [5, 5.41) is 9.03. The Labute approximate surface area is 118 Å². The normalized spacial score (nSPS) is 13.8. The van der Waals surface area contributed by atoms with Gasteiger partial charge in [-0.05, 0) is 24.3 Å². The second kappa shape index (κ2) is 5.14. The highest BCUT2D eigenvalue weighted by atomic mass is 16.5. The maximum atomic E-state index is 9.03. The Kier molecular flexibility index (Phi) is 3.18. The number of nitrogens with zero attached hydrogens (tertiary/aromatic N) is 2. The van der Waals surface area contributed by atoms with Gasteiger partial charge in [0.25, 0.3) is 0 Å². The number of para-hydroxylation sites is 1. The number of hydrogen-bond donors (Lipinski definition) is 1. The lowest BCUT2D eigenvalue weighted by molar-refractivity contribution is 0.331. The molecule has 3 rings (SSSR count). The fourth-order valence-corrected chi connectivity index (χ4v) is 2.42. The first kappa shape index (κ1) is 12.4. The zero-order valence-corrected chi connectivity index (χ0v) is 11.0. The lowest BCUT2D eigenvalue weighted by atomic mass is 10.1. The molecule has 0 fully saturated rings. The molecule has 0 aromatic heterocycles. The van der Waals surface area contributed by atoms with E-state index in [1.54, 1.807) is 12.1 Å². The van der Waals surface area contributed by atoms with Crippen molar-refractivity contribution in [2.75, 3.05) is 23.8 Å². The summed E-state index contributed by atoms with van der Waals surface area (Å²) in [4.78, 5) is 2.15. The highest BCUT2D eigenvalue weighted by molar-refractivity contribution is 5.70. The first-order chi connectivity index (χ1) is 9.78. The Balaban J connectivity index is 1.97. The van der Waals surface area contributed by atoms with Crippen LogP contribution in [0.2, 0.25) is 0 Å². The van der Waals surface area contributed by atoms with Crippen LogP contribution in [-0.4, -0.2) is 13.2 Å². The summed E-state index contributed by atoms with van der Waals surface area (Å²) >= 11 is 0. The predicted molar refractivity (Wildman–Crippen MR) is 78.6 cm³/mol. The summed E-state index contributed by atoms with van der Waals surface area (Å²) in [5.41, 5.74) is 9.38. The van der Waals surface area contributed by atoms with Crippen molar-refractivity contribution in [3.63, 3.8) is 0 Å². The molecule has 100 valence electrons. The van der Waals surface area contributed by atoms with E-state index in [1.165, 1.54) is 0 Å². The molecule has 0 spiro atoms. The molecule has 0 saturated heterocycles. The van der Waals surface area contributed by atoms with Crippen LogP contribution < -0.4 is 15.4 Å². The van der Waals surface area contributed by atoms with Crippen molar-refractivity contribution in [1.29, 1.82) is 5.26 Å². The smallest absolute Gasteiger partial charge is 0.124 e. The highest BCUT2D eigenvalue weighted by Crippen LogP contribution is 2.30. The molecule has 20 heavy (non-hydrogen) atoms. The monoisotopic (exact) mass is 265 g/mol. The average molecular weight is 265 g/mol. The van der Waals surface area contributed by atoms with Gasteiger partial charge in [-0.1, -0.05) is 18.2 Å². The third-order valence-electron chi connectivity index (χ3n) is 3.45. The van der Waals surface area contributed by atoms with E-state index in [4.69, 9.17) is 15.7 Å². The van der Waals surface area contributed by atoms with Crippen LogP contribution in [0.1, 0.15) is 11.1 Å². The average Bonchev–Trinajstić information content (AvgIpc) is 2.70. The number of fused-ring (bicyclic) bond motifs is 1. The largest absolute Gasteiger partial charge is 0.491 e. The third-order valence-corrected chi connectivity index (χ3v) is 3.45. The number of anilines is 2. The van der Waals surface area contributed by atoms with Crippen LogP contribution >= 0.6 is 0 Å². The summed E-state index contributed by atoms with van der Waals surface area (Å²) in [7, 11) is 0. The molecule has 1 aliphatic heterocycles. The SMILES string of the molecule is N#Cc1ccc(N)c(N2CCOc3ccccc3C2)c1. The van der Waals surface area contributed by atoms with Crippen LogP contribution in [0.4, 0.5) is 11.4 Å². The summed E-state index contributed by atoms with van der Waals surface area (Å²) < 4.78 is 5.75. The predicted octanol–water partition coefficient (Wildman–Crippen LogP) is 2.54. The molecule has 0 radical (unpaired) electrons. The van der Waals surface area contributed by atoms with E-state index in [-0.39, 0.29) is 0 Å². The zero-order chi connectivity index (χ0) is 13.9. The van der Waals surface area contributed by atoms with E-state index in [9.17, 15) is 0 Å². The van der Waals surface area contributed by atoms with Crippen molar-refractivity contribution >= 4 is 11.4 Å². The molecular weight excluding hydrogens is 250 g/mol. The molecular formula is C16H15N3O.